The molecule has 0 radical (unpaired) electrons. The predicted molar refractivity (Wildman–Crippen MR) is 81.2 cm³/mol. The third-order valence-electron chi connectivity index (χ3n) is 4.09. The summed E-state index contributed by atoms with van der Waals surface area (Å²) >= 11 is 0. The van der Waals surface area contributed by atoms with Gasteiger partial charge in [-0.25, -0.2) is 0 Å². The maximum absolute atomic E-state index is 5.47. The molecule has 0 saturated carbocycles. The molecule has 0 aromatic carbocycles. The Balaban J connectivity index is 2.02. The van der Waals surface area contributed by atoms with E-state index in [-0.39, 0.29) is 0 Å². The molecule has 114 valence electrons. The molecule has 5 heteroatoms. The molecule has 2 atom stereocenters. The number of aromatic nitrogens is 2. The Morgan fingerprint density at radius 1 is 1.45 bits per heavy atom. The van der Waals surface area contributed by atoms with Crippen molar-refractivity contribution in [2.75, 3.05) is 34.3 Å². The first-order chi connectivity index (χ1) is 9.60. The maximum Gasteiger partial charge on any atom is 0.159 e. The summed E-state index contributed by atoms with van der Waals surface area (Å²) in [4.78, 5) is 2.18. The second-order valence-electron chi connectivity index (χ2n) is 6.18. The third-order valence-corrected chi connectivity index (χ3v) is 4.09. The normalized spacial score (nSPS) is 23.2. The zero-order valence-electron chi connectivity index (χ0n) is 13.2. The lowest BCUT2D eigenvalue weighted by molar-refractivity contribution is 0.314. The van der Waals surface area contributed by atoms with Crippen LogP contribution >= 0.6 is 0 Å². The summed E-state index contributed by atoms with van der Waals surface area (Å²) < 4.78 is 7.57. The van der Waals surface area contributed by atoms with Crippen molar-refractivity contribution in [3.05, 3.63) is 11.9 Å². The molecule has 2 unspecified atom stereocenters. The van der Waals surface area contributed by atoms with Crippen LogP contribution in [0.25, 0.3) is 0 Å². The number of likely N-dealkylation sites (N-methyl/N-ethyl adjacent to an activating group) is 1. The molecule has 1 fully saturated rings. The average Bonchev–Trinajstić information content (AvgIpc) is 2.81. The number of nitrogens with one attached hydrogen (secondary N) is 1. The molecule has 0 bridgehead atoms. The number of piperidine rings is 1. The first-order valence-corrected chi connectivity index (χ1v) is 7.57. The van der Waals surface area contributed by atoms with Crippen LogP contribution in [0.1, 0.15) is 25.5 Å². The molecule has 5 nitrogen and oxygen atoms in total. The minimum atomic E-state index is 0.551. The average molecular weight is 280 g/mol. The predicted octanol–water partition coefficient (Wildman–Crippen LogP) is 1.38. The molecule has 0 aliphatic carbocycles. The second-order valence-corrected chi connectivity index (χ2v) is 6.18. The molecule has 1 aromatic rings. The van der Waals surface area contributed by atoms with Crippen LogP contribution in [0.2, 0.25) is 0 Å². The smallest absolute Gasteiger partial charge is 0.159 e. The fraction of sp³-hybridized carbons (Fsp3) is 0.800. The van der Waals surface area contributed by atoms with E-state index in [0.717, 1.165) is 37.7 Å². The van der Waals surface area contributed by atoms with Gasteiger partial charge in [0, 0.05) is 19.0 Å². The highest BCUT2D eigenvalue weighted by atomic mass is 16.5. The topological polar surface area (TPSA) is 42.3 Å². The molecule has 1 aliphatic heterocycles. The van der Waals surface area contributed by atoms with Crippen molar-refractivity contribution >= 4 is 0 Å². The van der Waals surface area contributed by atoms with Gasteiger partial charge in [-0.15, -0.1) is 0 Å². The van der Waals surface area contributed by atoms with E-state index < -0.39 is 0 Å². The largest absolute Gasteiger partial charge is 0.493 e. The van der Waals surface area contributed by atoms with Crippen LogP contribution in [0.4, 0.5) is 0 Å². The van der Waals surface area contributed by atoms with Crippen molar-refractivity contribution in [1.29, 1.82) is 0 Å². The Morgan fingerprint density at radius 2 is 2.25 bits per heavy atom. The van der Waals surface area contributed by atoms with Crippen LogP contribution in [-0.4, -0.2) is 55.0 Å². The van der Waals surface area contributed by atoms with Gasteiger partial charge >= 0.3 is 0 Å². The SMILES string of the molecule is COc1cnn(CCN(C)C)c1CC1CCC(C)CN1. The minimum absolute atomic E-state index is 0.551. The van der Waals surface area contributed by atoms with Gasteiger partial charge in [0.15, 0.2) is 5.75 Å². The zero-order chi connectivity index (χ0) is 14.5. The Morgan fingerprint density at radius 3 is 2.85 bits per heavy atom. The summed E-state index contributed by atoms with van der Waals surface area (Å²) in [6.45, 7) is 5.34. The van der Waals surface area contributed by atoms with Gasteiger partial charge in [0.1, 0.15) is 0 Å². The Bertz CT molecular complexity index is 408. The van der Waals surface area contributed by atoms with E-state index in [0.29, 0.717) is 6.04 Å². The summed E-state index contributed by atoms with van der Waals surface area (Å²) in [6, 6.07) is 0.551. The van der Waals surface area contributed by atoms with E-state index >= 15 is 0 Å². The summed E-state index contributed by atoms with van der Waals surface area (Å²) in [5, 5.41) is 8.12. The highest BCUT2D eigenvalue weighted by Gasteiger charge is 2.21. The lowest BCUT2D eigenvalue weighted by Gasteiger charge is -2.28. The molecule has 0 spiro atoms. The molecule has 1 aromatic heterocycles. The number of hydrogen-bond acceptors (Lipinski definition) is 4. The van der Waals surface area contributed by atoms with Gasteiger partial charge in [-0.2, -0.15) is 5.10 Å². The monoisotopic (exact) mass is 280 g/mol. The number of rotatable bonds is 6. The van der Waals surface area contributed by atoms with E-state index in [4.69, 9.17) is 4.74 Å². The molecule has 2 rings (SSSR count). The maximum atomic E-state index is 5.47. The Labute approximate surface area is 122 Å². The van der Waals surface area contributed by atoms with Crippen LogP contribution in [0.3, 0.4) is 0 Å². The molecule has 0 amide bonds. The van der Waals surface area contributed by atoms with E-state index in [1.54, 1.807) is 7.11 Å². The van der Waals surface area contributed by atoms with Crippen molar-refractivity contribution < 1.29 is 4.74 Å². The van der Waals surface area contributed by atoms with E-state index in [2.05, 4.69) is 41.0 Å². The molecule has 1 N–H and O–H groups in total. The van der Waals surface area contributed by atoms with Crippen LogP contribution in [0, 0.1) is 5.92 Å². The van der Waals surface area contributed by atoms with Gasteiger partial charge in [-0.05, 0) is 39.4 Å². The summed E-state index contributed by atoms with van der Waals surface area (Å²) in [6.07, 6.45) is 5.40. The molecular formula is C15H28N4O. The van der Waals surface area contributed by atoms with Gasteiger partial charge in [0.25, 0.3) is 0 Å². The molecule has 1 aliphatic rings. The van der Waals surface area contributed by atoms with E-state index in [1.165, 1.54) is 18.5 Å². The number of nitrogens with zero attached hydrogens (tertiary/aromatic N) is 3. The van der Waals surface area contributed by atoms with Gasteiger partial charge < -0.3 is 15.0 Å². The summed E-state index contributed by atoms with van der Waals surface area (Å²) in [7, 11) is 5.90. The van der Waals surface area contributed by atoms with Crippen LogP contribution in [0.15, 0.2) is 6.20 Å². The van der Waals surface area contributed by atoms with Gasteiger partial charge in [-0.3, -0.25) is 4.68 Å². The Kier molecular flexibility index (Phi) is 5.43. The highest BCUT2D eigenvalue weighted by molar-refractivity contribution is 5.26. The Hall–Kier alpha value is -1.07. The van der Waals surface area contributed by atoms with Gasteiger partial charge in [0.2, 0.25) is 0 Å². The van der Waals surface area contributed by atoms with Crippen LogP contribution in [0.5, 0.6) is 5.75 Å². The van der Waals surface area contributed by atoms with Crippen molar-refractivity contribution in [2.45, 2.75) is 38.8 Å². The zero-order valence-corrected chi connectivity index (χ0v) is 13.2. The number of hydrogen-bond donors (Lipinski definition) is 1. The van der Waals surface area contributed by atoms with Crippen molar-refractivity contribution in [3.63, 3.8) is 0 Å². The minimum Gasteiger partial charge on any atom is -0.493 e. The molecule has 20 heavy (non-hydrogen) atoms. The van der Waals surface area contributed by atoms with Gasteiger partial charge in [-0.1, -0.05) is 6.92 Å². The summed E-state index contributed by atoms with van der Waals surface area (Å²) in [5.74, 6) is 1.72. The van der Waals surface area contributed by atoms with Crippen molar-refractivity contribution in [2.24, 2.45) is 5.92 Å². The standard InChI is InChI=1S/C15H28N4O/c1-12-5-6-13(16-10-12)9-14-15(20-4)11-17-19(14)8-7-18(2)3/h11-13,16H,5-10H2,1-4H3. The lowest BCUT2D eigenvalue weighted by Crippen LogP contribution is -2.39. The highest BCUT2D eigenvalue weighted by Crippen LogP contribution is 2.23. The van der Waals surface area contributed by atoms with Crippen molar-refractivity contribution in [3.8, 4) is 5.75 Å². The van der Waals surface area contributed by atoms with Crippen molar-refractivity contribution in [1.82, 2.24) is 20.0 Å². The quantitative estimate of drug-likeness (QED) is 0.855. The number of methoxy groups -OCH3 is 1. The van der Waals surface area contributed by atoms with Crippen LogP contribution < -0.4 is 10.1 Å². The number of ether oxygens (including phenoxy) is 1. The third kappa shape index (κ3) is 3.96. The molecule has 1 saturated heterocycles. The first kappa shape index (κ1) is 15.3. The summed E-state index contributed by atoms with van der Waals surface area (Å²) in [5.41, 5.74) is 1.22. The van der Waals surface area contributed by atoms with E-state index in [1.807, 2.05) is 6.20 Å². The molecule has 2 heterocycles. The lowest BCUT2D eigenvalue weighted by atomic mass is 9.94. The van der Waals surface area contributed by atoms with Crippen LogP contribution in [-0.2, 0) is 13.0 Å². The fourth-order valence-corrected chi connectivity index (χ4v) is 2.72. The second kappa shape index (κ2) is 7.09. The van der Waals surface area contributed by atoms with Gasteiger partial charge in [0.05, 0.1) is 25.5 Å². The fourth-order valence-electron chi connectivity index (χ4n) is 2.72. The molecular weight excluding hydrogens is 252 g/mol. The van der Waals surface area contributed by atoms with E-state index in [9.17, 15) is 0 Å². The first-order valence-electron chi connectivity index (χ1n) is 7.57.